The van der Waals surface area contributed by atoms with Crippen molar-refractivity contribution in [3.05, 3.63) is 6.08 Å². The molecule has 0 bridgehead atoms. The van der Waals surface area contributed by atoms with E-state index in [1.807, 2.05) is 0 Å². The largest absolute Gasteiger partial charge is 0.469 e. The summed E-state index contributed by atoms with van der Waals surface area (Å²) < 4.78 is 4.29. The van der Waals surface area contributed by atoms with Gasteiger partial charge in [0.1, 0.15) is 5.94 Å². The van der Waals surface area contributed by atoms with Crippen molar-refractivity contribution in [3.63, 3.8) is 0 Å². The lowest BCUT2D eigenvalue weighted by atomic mass is 10.3. The summed E-state index contributed by atoms with van der Waals surface area (Å²) >= 11 is 5.44. The molecule has 1 atom stereocenters. The van der Waals surface area contributed by atoms with Gasteiger partial charge in [-0.25, -0.2) is 4.79 Å². The van der Waals surface area contributed by atoms with Gasteiger partial charge in [-0.3, -0.25) is 4.79 Å². The van der Waals surface area contributed by atoms with Crippen molar-refractivity contribution in [1.29, 1.82) is 0 Å². The third kappa shape index (κ3) is 4.13. The minimum Gasteiger partial charge on any atom is -0.469 e. The molecule has 4 heteroatoms. The monoisotopic (exact) mass is 162 g/mol. The molecular formula is C6H7ClO3. The molecule has 0 rings (SSSR count). The summed E-state index contributed by atoms with van der Waals surface area (Å²) in [6.45, 7) is 0. The fraction of sp³-hybridized carbons (Fsp3) is 0.500. The van der Waals surface area contributed by atoms with Gasteiger partial charge in [-0.2, -0.15) is 0 Å². The second-order valence-electron chi connectivity index (χ2n) is 1.58. The molecule has 0 aliphatic heterocycles. The van der Waals surface area contributed by atoms with E-state index in [-0.39, 0.29) is 6.42 Å². The number of hydrogen-bond acceptors (Lipinski definition) is 3. The first-order valence-corrected chi connectivity index (χ1v) is 3.06. The quantitative estimate of drug-likeness (QED) is 0.346. The van der Waals surface area contributed by atoms with Crippen LogP contribution in [0.5, 0.6) is 0 Å². The Bertz CT molecular complexity index is 160. The van der Waals surface area contributed by atoms with Gasteiger partial charge in [0, 0.05) is 6.08 Å². The van der Waals surface area contributed by atoms with Gasteiger partial charge < -0.3 is 4.74 Å². The number of allylic oxidation sites excluding steroid dienone is 1. The average molecular weight is 163 g/mol. The van der Waals surface area contributed by atoms with Crippen LogP contribution in [-0.2, 0) is 14.3 Å². The van der Waals surface area contributed by atoms with Crippen LogP contribution in [0.15, 0.2) is 6.08 Å². The van der Waals surface area contributed by atoms with Crippen LogP contribution < -0.4 is 0 Å². The van der Waals surface area contributed by atoms with E-state index in [0.717, 1.165) is 6.08 Å². The lowest BCUT2D eigenvalue weighted by molar-refractivity contribution is -0.140. The molecule has 0 spiro atoms. The van der Waals surface area contributed by atoms with Gasteiger partial charge in [-0.05, 0) is 0 Å². The Morgan fingerprint density at radius 2 is 2.50 bits per heavy atom. The molecule has 1 unspecified atom stereocenters. The maximum absolute atomic E-state index is 10.4. The number of alkyl halides is 1. The predicted octanol–water partition coefficient (Wildman–Crippen LogP) is 0.545. The van der Waals surface area contributed by atoms with Gasteiger partial charge in [0.15, 0.2) is 0 Å². The third-order valence-electron chi connectivity index (χ3n) is 0.838. The number of esters is 1. The van der Waals surface area contributed by atoms with E-state index in [0.29, 0.717) is 0 Å². The van der Waals surface area contributed by atoms with Crippen molar-refractivity contribution in [1.82, 2.24) is 0 Å². The minimum atomic E-state index is -0.607. The van der Waals surface area contributed by atoms with E-state index >= 15 is 0 Å². The van der Waals surface area contributed by atoms with Crippen molar-refractivity contribution in [2.24, 2.45) is 0 Å². The topological polar surface area (TPSA) is 43.4 Å². The fourth-order valence-electron chi connectivity index (χ4n) is 0.375. The van der Waals surface area contributed by atoms with E-state index in [2.05, 4.69) is 4.74 Å². The predicted molar refractivity (Wildman–Crippen MR) is 36.5 cm³/mol. The van der Waals surface area contributed by atoms with E-state index in [9.17, 15) is 9.59 Å². The van der Waals surface area contributed by atoms with Crippen LogP contribution >= 0.6 is 11.6 Å². The van der Waals surface area contributed by atoms with Crippen LogP contribution in [0.3, 0.4) is 0 Å². The molecule has 0 aliphatic rings. The fourth-order valence-corrected chi connectivity index (χ4v) is 0.553. The Morgan fingerprint density at radius 3 is 2.90 bits per heavy atom. The highest BCUT2D eigenvalue weighted by Gasteiger charge is 2.07. The molecule has 0 N–H and O–H groups in total. The van der Waals surface area contributed by atoms with Crippen molar-refractivity contribution in [2.45, 2.75) is 11.8 Å². The maximum Gasteiger partial charge on any atom is 0.307 e. The zero-order valence-corrected chi connectivity index (χ0v) is 6.22. The van der Waals surface area contributed by atoms with Gasteiger partial charge in [0.05, 0.1) is 18.9 Å². The summed E-state index contributed by atoms with van der Waals surface area (Å²) in [7, 11) is 1.26. The Kier molecular flexibility index (Phi) is 4.63. The Hall–Kier alpha value is -0.790. The van der Waals surface area contributed by atoms with Crippen molar-refractivity contribution in [3.8, 4) is 0 Å². The smallest absolute Gasteiger partial charge is 0.307 e. The van der Waals surface area contributed by atoms with Crippen LogP contribution in [0.1, 0.15) is 6.42 Å². The number of carbonyl (C=O) groups excluding carboxylic acids is 2. The van der Waals surface area contributed by atoms with Crippen LogP contribution in [0, 0.1) is 0 Å². The summed E-state index contributed by atoms with van der Waals surface area (Å²) in [4.78, 5) is 20.1. The zero-order chi connectivity index (χ0) is 7.98. The van der Waals surface area contributed by atoms with Crippen LogP contribution in [-0.4, -0.2) is 24.4 Å². The summed E-state index contributed by atoms with van der Waals surface area (Å²) in [6.07, 6.45) is 1.08. The van der Waals surface area contributed by atoms with Crippen LogP contribution in [0.25, 0.3) is 0 Å². The highest BCUT2D eigenvalue weighted by Crippen LogP contribution is 2.02. The van der Waals surface area contributed by atoms with Crippen molar-refractivity contribution < 1.29 is 14.3 Å². The molecule has 0 aromatic rings. The molecule has 10 heavy (non-hydrogen) atoms. The van der Waals surface area contributed by atoms with Crippen molar-refractivity contribution >= 4 is 23.5 Å². The van der Waals surface area contributed by atoms with Gasteiger partial charge >= 0.3 is 5.97 Å². The average Bonchev–Trinajstić information content (AvgIpc) is 1.88. The first-order chi connectivity index (χ1) is 4.70. The van der Waals surface area contributed by atoms with E-state index in [4.69, 9.17) is 11.6 Å². The Labute approximate surface area is 63.6 Å². The molecule has 56 valence electrons. The molecular weight excluding hydrogens is 156 g/mol. The number of halogens is 1. The van der Waals surface area contributed by atoms with Gasteiger partial charge in [-0.1, -0.05) is 0 Å². The SMILES string of the molecule is COC(=O)CC(Cl)C=C=O. The van der Waals surface area contributed by atoms with E-state index in [1.54, 1.807) is 0 Å². The molecule has 0 fully saturated rings. The van der Waals surface area contributed by atoms with Gasteiger partial charge in [0.2, 0.25) is 0 Å². The Morgan fingerprint density at radius 1 is 1.90 bits per heavy atom. The Balaban J connectivity index is 3.67. The highest BCUT2D eigenvalue weighted by atomic mass is 35.5. The first kappa shape index (κ1) is 9.21. The second kappa shape index (κ2) is 5.03. The molecule has 0 heterocycles. The first-order valence-electron chi connectivity index (χ1n) is 2.62. The molecule has 0 radical (unpaired) electrons. The molecule has 0 aromatic heterocycles. The molecule has 0 saturated carbocycles. The van der Waals surface area contributed by atoms with Crippen LogP contribution in [0.2, 0.25) is 0 Å². The number of hydrogen-bond donors (Lipinski definition) is 0. The number of carbonyl (C=O) groups is 1. The highest BCUT2D eigenvalue weighted by molar-refractivity contribution is 6.23. The number of rotatable bonds is 3. The standard InChI is InChI=1S/C6H7ClO3/c1-10-6(9)4-5(7)2-3-8/h2,5H,4H2,1H3. The summed E-state index contributed by atoms with van der Waals surface area (Å²) in [5, 5.41) is -0.607. The van der Waals surface area contributed by atoms with E-state index in [1.165, 1.54) is 13.1 Å². The molecule has 0 aromatic carbocycles. The molecule has 0 amide bonds. The van der Waals surface area contributed by atoms with E-state index < -0.39 is 11.3 Å². The van der Waals surface area contributed by atoms with Gasteiger partial charge in [0.25, 0.3) is 0 Å². The number of ether oxygens (including phenoxy) is 1. The third-order valence-corrected chi connectivity index (χ3v) is 1.12. The summed E-state index contributed by atoms with van der Waals surface area (Å²) in [6, 6.07) is 0. The normalized spacial score (nSPS) is 11.4. The number of methoxy groups -OCH3 is 1. The summed E-state index contributed by atoms with van der Waals surface area (Å²) in [5.74, 6) is 1.04. The van der Waals surface area contributed by atoms with Crippen LogP contribution in [0.4, 0.5) is 0 Å². The van der Waals surface area contributed by atoms with Crippen molar-refractivity contribution in [2.75, 3.05) is 7.11 Å². The zero-order valence-electron chi connectivity index (χ0n) is 5.46. The van der Waals surface area contributed by atoms with Gasteiger partial charge in [-0.15, -0.1) is 11.6 Å². The lowest BCUT2D eigenvalue weighted by Gasteiger charge is -1.98. The second-order valence-corrected chi connectivity index (χ2v) is 2.14. The molecule has 0 saturated heterocycles. The molecule has 3 nitrogen and oxygen atoms in total. The molecule has 0 aliphatic carbocycles. The summed E-state index contributed by atoms with van der Waals surface area (Å²) in [5.41, 5.74) is 0. The lowest BCUT2D eigenvalue weighted by Crippen LogP contribution is -2.07. The maximum atomic E-state index is 10.4. The minimum absolute atomic E-state index is 0.00724.